The lowest BCUT2D eigenvalue weighted by atomic mass is 10.1. The maximum atomic E-state index is 12.4. The van der Waals surface area contributed by atoms with Crippen LogP contribution in [0.25, 0.3) is 0 Å². The summed E-state index contributed by atoms with van der Waals surface area (Å²) < 4.78 is 2.65. The second kappa shape index (κ2) is 6.13. The number of carbonyl (C=O) groups is 2. The molecule has 0 atom stereocenters. The van der Waals surface area contributed by atoms with Crippen molar-refractivity contribution >= 4 is 27.7 Å². The highest BCUT2D eigenvalue weighted by Crippen LogP contribution is 2.16. The van der Waals surface area contributed by atoms with Gasteiger partial charge in [-0.3, -0.25) is 9.59 Å². The van der Waals surface area contributed by atoms with E-state index in [0.29, 0.717) is 17.8 Å². The predicted octanol–water partition coefficient (Wildman–Crippen LogP) is 2.16. The van der Waals surface area contributed by atoms with Gasteiger partial charge in [-0.05, 0) is 39.7 Å². The molecule has 0 aliphatic carbocycles. The van der Waals surface area contributed by atoms with E-state index in [4.69, 9.17) is 5.73 Å². The van der Waals surface area contributed by atoms with Crippen LogP contribution in [0.5, 0.6) is 0 Å². The van der Waals surface area contributed by atoms with Crippen molar-refractivity contribution in [1.29, 1.82) is 0 Å². The standard InChI is InChI=1S/C15H16BrN3O2/c1-18-9-12(16)7-13(18)15(21)19(2)8-10-3-5-11(6-4-10)14(17)20/h3-7,9H,8H2,1-2H3,(H2,17,20). The summed E-state index contributed by atoms with van der Waals surface area (Å²) in [6.45, 7) is 0.459. The molecule has 2 rings (SSSR count). The zero-order valence-corrected chi connectivity index (χ0v) is 13.4. The second-order valence-electron chi connectivity index (χ2n) is 4.88. The van der Waals surface area contributed by atoms with Crippen LogP contribution in [-0.4, -0.2) is 28.3 Å². The van der Waals surface area contributed by atoms with E-state index in [9.17, 15) is 9.59 Å². The van der Waals surface area contributed by atoms with Crippen molar-refractivity contribution in [2.75, 3.05) is 7.05 Å². The number of nitrogens with zero attached hydrogens (tertiary/aromatic N) is 2. The molecule has 2 aromatic rings. The molecule has 2 N–H and O–H groups in total. The maximum absolute atomic E-state index is 12.4. The minimum atomic E-state index is -0.459. The number of halogens is 1. The van der Waals surface area contributed by atoms with Gasteiger partial charge in [0, 0.05) is 36.9 Å². The Kier molecular flexibility index (Phi) is 4.47. The normalized spacial score (nSPS) is 10.4. The minimum absolute atomic E-state index is 0.0674. The van der Waals surface area contributed by atoms with Crippen LogP contribution in [0.2, 0.25) is 0 Å². The number of aromatic nitrogens is 1. The predicted molar refractivity (Wildman–Crippen MR) is 83.9 cm³/mol. The SMILES string of the molecule is CN(Cc1ccc(C(N)=O)cc1)C(=O)c1cc(Br)cn1C. The van der Waals surface area contributed by atoms with Crippen molar-refractivity contribution in [2.45, 2.75) is 6.54 Å². The quantitative estimate of drug-likeness (QED) is 0.918. The summed E-state index contributed by atoms with van der Waals surface area (Å²) in [7, 11) is 3.57. The Hall–Kier alpha value is -2.08. The molecule has 1 aromatic carbocycles. The molecule has 0 aliphatic rings. The van der Waals surface area contributed by atoms with Crippen molar-refractivity contribution in [1.82, 2.24) is 9.47 Å². The van der Waals surface area contributed by atoms with Crippen LogP contribution in [0.3, 0.4) is 0 Å². The maximum Gasteiger partial charge on any atom is 0.270 e. The van der Waals surface area contributed by atoms with Gasteiger partial charge in [-0.15, -0.1) is 0 Å². The molecule has 0 unspecified atom stereocenters. The highest BCUT2D eigenvalue weighted by Gasteiger charge is 2.16. The number of rotatable bonds is 4. The van der Waals surface area contributed by atoms with Gasteiger partial charge in [0.2, 0.25) is 5.91 Å². The number of benzene rings is 1. The fourth-order valence-electron chi connectivity index (χ4n) is 2.05. The number of nitrogens with two attached hydrogens (primary N) is 1. The van der Waals surface area contributed by atoms with Gasteiger partial charge in [0.25, 0.3) is 5.91 Å². The molecule has 0 saturated heterocycles. The molecule has 1 aromatic heterocycles. The summed E-state index contributed by atoms with van der Waals surface area (Å²) in [5, 5.41) is 0. The Balaban J connectivity index is 2.10. The fraction of sp³-hybridized carbons (Fsp3) is 0.200. The van der Waals surface area contributed by atoms with E-state index in [0.717, 1.165) is 10.0 Å². The van der Waals surface area contributed by atoms with E-state index in [1.54, 1.807) is 46.8 Å². The Bertz CT molecular complexity index is 677. The zero-order valence-electron chi connectivity index (χ0n) is 11.8. The summed E-state index contributed by atoms with van der Waals surface area (Å²) in [5.74, 6) is -0.526. The van der Waals surface area contributed by atoms with Crippen LogP contribution in [0.1, 0.15) is 26.4 Å². The van der Waals surface area contributed by atoms with Gasteiger partial charge in [-0.1, -0.05) is 12.1 Å². The van der Waals surface area contributed by atoms with E-state index < -0.39 is 5.91 Å². The molecule has 0 saturated carbocycles. The van der Waals surface area contributed by atoms with E-state index in [1.807, 2.05) is 13.2 Å². The number of amides is 2. The summed E-state index contributed by atoms with van der Waals surface area (Å²) >= 11 is 3.35. The Morgan fingerprint density at radius 2 is 1.90 bits per heavy atom. The van der Waals surface area contributed by atoms with E-state index in [1.165, 1.54) is 0 Å². The molecule has 0 aliphatic heterocycles. The summed E-state index contributed by atoms with van der Waals surface area (Å²) in [4.78, 5) is 25.0. The van der Waals surface area contributed by atoms with E-state index in [2.05, 4.69) is 15.9 Å². The van der Waals surface area contributed by atoms with Crippen molar-refractivity contribution in [2.24, 2.45) is 12.8 Å². The fourth-order valence-corrected chi connectivity index (χ4v) is 2.58. The number of hydrogen-bond donors (Lipinski definition) is 1. The van der Waals surface area contributed by atoms with Gasteiger partial charge in [-0.25, -0.2) is 0 Å². The molecule has 0 spiro atoms. The van der Waals surface area contributed by atoms with Crippen molar-refractivity contribution in [3.8, 4) is 0 Å². The molecule has 5 nitrogen and oxygen atoms in total. The molecule has 21 heavy (non-hydrogen) atoms. The lowest BCUT2D eigenvalue weighted by Gasteiger charge is -2.17. The van der Waals surface area contributed by atoms with E-state index in [-0.39, 0.29) is 5.91 Å². The van der Waals surface area contributed by atoms with Gasteiger partial charge in [0.15, 0.2) is 0 Å². The molecule has 0 fully saturated rings. The minimum Gasteiger partial charge on any atom is -0.366 e. The van der Waals surface area contributed by atoms with Crippen LogP contribution in [0, 0.1) is 0 Å². The van der Waals surface area contributed by atoms with Crippen LogP contribution in [0.15, 0.2) is 41.0 Å². The number of aryl methyl sites for hydroxylation is 1. The Morgan fingerprint density at radius 3 is 2.38 bits per heavy atom. The average molecular weight is 350 g/mol. The lowest BCUT2D eigenvalue weighted by molar-refractivity contribution is 0.0775. The summed E-state index contributed by atoms with van der Waals surface area (Å²) in [5.41, 5.74) is 7.20. The van der Waals surface area contributed by atoms with Gasteiger partial charge in [0.05, 0.1) is 0 Å². The van der Waals surface area contributed by atoms with E-state index >= 15 is 0 Å². The number of hydrogen-bond acceptors (Lipinski definition) is 2. The first kappa shape index (κ1) is 15.3. The van der Waals surface area contributed by atoms with Crippen LogP contribution in [0.4, 0.5) is 0 Å². The summed E-state index contributed by atoms with van der Waals surface area (Å²) in [6, 6.07) is 8.70. The van der Waals surface area contributed by atoms with Crippen LogP contribution < -0.4 is 5.73 Å². The molecular formula is C15H16BrN3O2. The Morgan fingerprint density at radius 1 is 1.29 bits per heavy atom. The average Bonchev–Trinajstić information content (AvgIpc) is 2.77. The molecular weight excluding hydrogens is 334 g/mol. The van der Waals surface area contributed by atoms with Crippen LogP contribution in [-0.2, 0) is 13.6 Å². The van der Waals surface area contributed by atoms with Gasteiger partial charge >= 0.3 is 0 Å². The third-order valence-corrected chi connectivity index (χ3v) is 3.63. The van der Waals surface area contributed by atoms with Crippen molar-refractivity contribution < 1.29 is 9.59 Å². The molecule has 0 radical (unpaired) electrons. The molecule has 6 heteroatoms. The molecule has 2 amide bonds. The topological polar surface area (TPSA) is 68.3 Å². The zero-order chi connectivity index (χ0) is 15.6. The number of carbonyl (C=O) groups excluding carboxylic acids is 2. The van der Waals surface area contributed by atoms with Gasteiger partial charge in [0.1, 0.15) is 5.69 Å². The van der Waals surface area contributed by atoms with Crippen molar-refractivity contribution in [3.05, 3.63) is 57.8 Å². The van der Waals surface area contributed by atoms with Gasteiger partial charge < -0.3 is 15.2 Å². The summed E-state index contributed by atoms with van der Waals surface area (Å²) in [6.07, 6.45) is 1.84. The lowest BCUT2D eigenvalue weighted by Crippen LogP contribution is -2.27. The monoisotopic (exact) mass is 349 g/mol. The third kappa shape index (κ3) is 3.52. The van der Waals surface area contributed by atoms with Crippen molar-refractivity contribution in [3.63, 3.8) is 0 Å². The first-order valence-electron chi connectivity index (χ1n) is 6.34. The molecule has 110 valence electrons. The second-order valence-corrected chi connectivity index (χ2v) is 5.79. The third-order valence-electron chi connectivity index (χ3n) is 3.20. The van der Waals surface area contributed by atoms with Crippen LogP contribution >= 0.6 is 15.9 Å². The first-order valence-corrected chi connectivity index (χ1v) is 7.14. The largest absolute Gasteiger partial charge is 0.366 e. The van der Waals surface area contributed by atoms with Gasteiger partial charge in [-0.2, -0.15) is 0 Å². The highest BCUT2D eigenvalue weighted by atomic mass is 79.9. The smallest absolute Gasteiger partial charge is 0.270 e. The highest BCUT2D eigenvalue weighted by molar-refractivity contribution is 9.10. The number of primary amides is 1. The molecule has 1 heterocycles. The molecule has 0 bridgehead atoms. The Labute approximate surface area is 131 Å². The first-order chi connectivity index (χ1) is 9.88.